The first-order valence-electron chi connectivity index (χ1n) is 7.83. The summed E-state index contributed by atoms with van der Waals surface area (Å²) >= 11 is 0. The lowest BCUT2D eigenvalue weighted by atomic mass is 9.86. The molecule has 0 atom stereocenters. The number of benzene rings is 1. The van der Waals surface area contributed by atoms with Crippen molar-refractivity contribution in [2.75, 3.05) is 6.54 Å². The second kappa shape index (κ2) is 7.51. The molecule has 1 amide bonds. The molecule has 0 aromatic heterocycles. The Hall–Kier alpha value is -2.31. The maximum Gasteiger partial charge on any atom is 0.269 e. The molecule has 2 rings (SSSR count). The van der Waals surface area contributed by atoms with Crippen LogP contribution in [-0.2, 0) is 11.3 Å². The first-order valence-corrected chi connectivity index (χ1v) is 7.83. The van der Waals surface area contributed by atoms with Crippen LogP contribution in [-0.4, -0.2) is 28.2 Å². The number of carbonyl (C=O) groups excluding carboxylic acids is 1. The number of hydrogen-bond acceptors (Lipinski definition) is 3. The van der Waals surface area contributed by atoms with Gasteiger partial charge in [0.1, 0.15) is 0 Å². The lowest BCUT2D eigenvalue weighted by Crippen LogP contribution is -2.39. The molecule has 1 aromatic carbocycles. The molecule has 7 heteroatoms. The van der Waals surface area contributed by atoms with Gasteiger partial charge in [0.25, 0.3) is 5.69 Å². The number of non-ortho nitro benzene ring substituents is 1. The minimum atomic E-state index is -2.68. The third-order valence-electron chi connectivity index (χ3n) is 4.22. The predicted octanol–water partition coefficient (Wildman–Crippen LogP) is 3.93. The van der Waals surface area contributed by atoms with Crippen molar-refractivity contribution in [1.82, 2.24) is 4.90 Å². The van der Waals surface area contributed by atoms with Crippen molar-refractivity contribution >= 4 is 11.6 Å². The molecule has 0 bridgehead atoms. The van der Waals surface area contributed by atoms with E-state index in [0.717, 1.165) is 0 Å². The maximum atomic E-state index is 13.3. The van der Waals surface area contributed by atoms with Crippen LogP contribution in [0.25, 0.3) is 0 Å². The fourth-order valence-corrected chi connectivity index (χ4v) is 2.92. The summed E-state index contributed by atoms with van der Waals surface area (Å²) in [6.45, 7) is 4.08. The van der Waals surface area contributed by atoms with E-state index in [4.69, 9.17) is 0 Å². The number of nitro benzene ring substituents is 1. The average molecular weight is 338 g/mol. The van der Waals surface area contributed by atoms with E-state index in [1.807, 2.05) is 0 Å². The molecule has 1 fully saturated rings. The first-order chi connectivity index (χ1) is 11.3. The third-order valence-corrected chi connectivity index (χ3v) is 4.22. The normalized spacial score (nSPS) is 17.2. The molecule has 0 unspecified atom stereocenters. The number of amides is 1. The zero-order chi connectivity index (χ0) is 17.7. The first kappa shape index (κ1) is 18.0. The van der Waals surface area contributed by atoms with Crippen LogP contribution in [0.1, 0.15) is 31.2 Å². The van der Waals surface area contributed by atoms with Crippen molar-refractivity contribution in [2.45, 2.75) is 38.2 Å². The molecule has 0 radical (unpaired) electrons. The Morgan fingerprint density at radius 2 is 2.08 bits per heavy atom. The minimum absolute atomic E-state index is 0.0455. The second-order valence-electron chi connectivity index (χ2n) is 6.06. The van der Waals surface area contributed by atoms with E-state index < -0.39 is 16.8 Å². The number of halogens is 2. The summed E-state index contributed by atoms with van der Waals surface area (Å²) in [5, 5.41) is 10.8. The highest BCUT2D eigenvalue weighted by atomic mass is 19.3. The summed E-state index contributed by atoms with van der Waals surface area (Å²) in [6.07, 6.45) is 1.33. The standard InChI is InChI=1S/C17H20F2N2O3/c1-2-10-20(12-13-4-3-5-15(11-13)21(23)24)16(22)14-6-8-17(18,19)9-7-14/h2-5,11,14H,1,6-10,12H2. The zero-order valence-corrected chi connectivity index (χ0v) is 13.3. The molecule has 0 heterocycles. The Balaban J connectivity index is 2.08. The van der Waals surface area contributed by atoms with Gasteiger partial charge < -0.3 is 4.90 Å². The quantitative estimate of drug-likeness (QED) is 0.448. The van der Waals surface area contributed by atoms with Crippen LogP contribution < -0.4 is 0 Å². The summed E-state index contributed by atoms with van der Waals surface area (Å²) < 4.78 is 26.5. The van der Waals surface area contributed by atoms with Crippen molar-refractivity contribution in [1.29, 1.82) is 0 Å². The summed E-state index contributed by atoms with van der Waals surface area (Å²) in [6, 6.07) is 6.06. The van der Waals surface area contributed by atoms with Gasteiger partial charge in [-0.25, -0.2) is 8.78 Å². The number of nitro groups is 1. The van der Waals surface area contributed by atoms with E-state index in [1.165, 1.54) is 17.0 Å². The van der Waals surface area contributed by atoms with Gasteiger partial charge >= 0.3 is 0 Å². The van der Waals surface area contributed by atoms with E-state index in [9.17, 15) is 23.7 Å². The molecule has 1 aromatic rings. The van der Waals surface area contributed by atoms with Gasteiger partial charge in [0.15, 0.2) is 0 Å². The van der Waals surface area contributed by atoms with Crippen molar-refractivity contribution in [2.24, 2.45) is 5.92 Å². The van der Waals surface area contributed by atoms with Crippen molar-refractivity contribution in [3.05, 3.63) is 52.6 Å². The average Bonchev–Trinajstić information content (AvgIpc) is 2.54. The summed E-state index contributed by atoms with van der Waals surface area (Å²) in [7, 11) is 0. The van der Waals surface area contributed by atoms with Crippen LogP contribution in [0.2, 0.25) is 0 Å². The van der Waals surface area contributed by atoms with Gasteiger partial charge in [-0.1, -0.05) is 18.2 Å². The molecule has 1 aliphatic rings. The SMILES string of the molecule is C=CCN(Cc1cccc([N+](=O)[O-])c1)C(=O)C1CCC(F)(F)CC1. The van der Waals surface area contributed by atoms with Crippen molar-refractivity contribution in [3.63, 3.8) is 0 Å². The third kappa shape index (κ3) is 4.59. The summed E-state index contributed by atoms with van der Waals surface area (Å²) in [5.41, 5.74) is 0.580. The lowest BCUT2D eigenvalue weighted by molar-refractivity contribution is -0.384. The highest BCUT2D eigenvalue weighted by Crippen LogP contribution is 2.37. The Labute approximate surface area is 139 Å². The number of hydrogen-bond donors (Lipinski definition) is 0. The Kier molecular flexibility index (Phi) is 5.64. The molecule has 1 saturated carbocycles. The van der Waals surface area contributed by atoms with Gasteiger partial charge in [-0.15, -0.1) is 6.58 Å². The molecule has 1 aliphatic carbocycles. The van der Waals surface area contributed by atoms with Crippen LogP contribution in [0.4, 0.5) is 14.5 Å². The largest absolute Gasteiger partial charge is 0.334 e. The molecule has 24 heavy (non-hydrogen) atoms. The molecule has 0 N–H and O–H groups in total. The molecule has 0 saturated heterocycles. The van der Waals surface area contributed by atoms with Crippen LogP contribution >= 0.6 is 0 Å². The Morgan fingerprint density at radius 1 is 1.42 bits per heavy atom. The smallest absolute Gasteiger partial charge is 0.269 e. The van der Waals surface area contributed by atoms with Gasteiger partial charge in [-0.05, 0) is 18.4 Å². The molecule has 0 spiro atoms. The summed E-state index contributed by atoms with van der Waals surface area (Å²) in [5.74, 6) is -3.31. The van der Waals surface area contributed by atoms with Crippen molar-refractivity contribution in [3.8, 4) is 0 Å². The Morgan fingerprint density at radius 3 is 2.67 bits per heavy atom. The fourth-order valence-electron chi connectivity index (χ4n) is 2.92. The molecule has 0 aliphatic heterocycles. The summed E-state index contributed by atoms with van der Waals surface area (Å²) in [4.78, 5) is 24.5. The second-order valence-corrected chi connectivity index (χ2v) is 6.06. The van der Waals surface area contributed by atoms with Crippen molar-refractivity contribution < 1.29 is 18.5 Å². The highest BCUT2D eigenvalue weighted by Gasteiger charge is 2.38. The van der Waals surface area contributed by atoms with E-state index in [0.29, 0.717) is 5.56 Å². The van der Waals surface area contributed by atoms with E-state index in [2.05, 4.69) is 6.58 Å². The number of alkyl halides is 2. The number of rotatable bonds is 6. The number of carbonyl (C=O) groups is 1. The van der Waals surface area contributed by atoms with Crippen LogP contribution in [0.15, 0.2) is 36.9 Å². The maximum absolute atomic E-state index is 13.3. The monoisotopic (exact) mass is 338 g/mol. The van der Waals surface area contributed by atoms with E-state index in [1.54, 1.807) is 18.2 Å². The topological polar surface area (TPSA) is 63.4 Å². The van der Waals surface area contributed by atoms with Crippen LogP contribution in [0, 0.1) is 16.0 Å². The Bertz CT molecular complexity index is 624. The zero-order valence-electron chi connectivity index (χ0n) is 13.3. The van der Waals surface area contributed by atoms with Crippen LogP contribution in [0.5, 0.6) is 0 Å². The molecular formula is C17H20F2N2O3. The van der Waals surface area contributed by atoms with Crippen LogP contribution in [0.3, 0.4) is 0 Å². The lowest BCUT2D eigenvalue weighted by Gasteiger charge is -2.31. The molecular weight excluding hydrogens is 318 g/mol. The predicted molar refractivity (Wildman–Crippen MR) is 85.6 cm³/mol. The van der Waals surface area contributed by atoms with Gasteiger partial charge in [0.05, 0.1) is 4.92 Å². The van der Waals surface area contributed by atoms with E-state index in [-0.39, 0.29) is 50.4 Å². The van der Waals surface area contributed by atoms with E-state index >= 15 is 0 Å². The number of nitrogens with zero attached hydrogens (tertiary/aromatic N) is 2. The molecule has 5 nitrogen and oxygen atoms in total. The van der Waals surface area contributed by atoms with Gasteiger partial charge in [0.2, 0.25) is 11.8 Å². The molecule has 130 valence electrons. The van der Waals surface area contributed by atoms with Gasteiger partial charge in [0, 0.05) is 44.0 Å². The van der Waals surface area contributed by atoms with Gasteiger partial charge in [-0.3, -0.25) is 14.9 Å². The minimum Gasteiger partial charge on any atom is -0.334 e. The van der Waals surface area contributed by atoms with Gasteiger partial charge in [-0.2, -0.15) is 0 Å². The fraction of sp³-hybridized carbons (Fsp3) is 0.471. The highest BCUT2D eigenvalue weighted by molar-refractivity contribution is 5.79.